The summed E-state index contributed by atoms with van der Waals surface area (Å²) in [6.07, 6.45) is 1.99. The number of anilines is 1. The van der Waals surface area contributed by atoms with Gasteiger partial charge in [0.1, 0.15) is 5.69 Å². The van der Waals surface area contributed by atoms with Crippen LogP contribution in [0.5, 0.6) is 0 Å². The van der Waals surface area contributed by atoms with Gasteiger partial charge >= 0.3 is 0 Å². The fraction of sp³-hybridized carbons (Fsp3) is 0.364. The third-order valence-electron chi connectivity index (χ3n) is 2.31. The van der Waals surface area contributed by atoms with Gasteiger partial charge in [-0.2, -0.15) is 17.0 Å². The molecule has 0 heterocycles. The van der Waals surface area contributed by atoms with Crippen LogP contribution >= 0.6 is 11.8 Å². The van der Waals surface area contributed by atoms with Crippen LogP contribution in [0.1, 0.15) is 12.5 Å². The summed E-state index contributed by atoms with van der Waals surface area (Å²) in [5, 5.41) is 22.9. The number of nitrogens with one attached hydrogen (secondary N) is 1. The summed E-state index contributed by atoms with van der Waals surface area (Å²) in [6.45, 7) is 2.68. The standard InChI is InChI=1S/C11H13N3O2S/c1-8(17-2)7-13-10-4-3-9(6-12)5-11(10)14(15)16/h3-5,8,13H,7H2,1-2H3. The first-order valence-corrected chi connectivity index (χ1v) is 6.32. The molecule has 1 aromatic carbocycles. The Morgan fingerprint density at radius 2 is 2.35 bits per heavy atom. The lowest BCUT2D eigenvalue weighted by Crippen LogP contribution is -2.13. The lowest BCUT2D eigenvalue weighted by Gasteiger charge is -2.11. The first-order valence-electron chi connectivity index (χ1n) is 5.03. The Kier molecular flexibility index (Phi) is 4.79. The summed E-state index contributed by atoms with van der Waals surface area (Å²) >= 11 is 1.68. The minimum absolute atomic E-state index is 0.0580. The predicted molar refractivity (Wildman–Crippen MR) is 69.3 cm³/mol. The van der Waals surface area contributed by atoms with Gasteiger partial charge in [-0.3, -0.25) is 10.1 Å². The minimum Gasteiger partial charge on any atom is -0.378 e. The molecule has 90 valence electrons. The van der Waals surface area contributed by atoms with E-state index in [0.717, 1.165) is 0 Å². The number of rotatable bonds is 5. The number of nitro groups is 1. The summed E-state index contributed by atoms with van der Waals surface area (Å²) in [5.74, 6) is 0. The molecule has 0 amide bonds. The highest BCUT2D eigenvalue weighted by Crippen LogP contribution is 2.25. The largest absolute Gasteiger partial charge is 0.378 e. The third-order valence-corrected chi connectivity index (χ3v) is 3.28. The Bertz CT molecular complexity index is 457. The molecular weight excluding hydrogens is 238 g/mol. The fourth-order valence-corrected chi connectivity index (χ4v) is 1.49. The second-order valence-corrected chi connectivity index (χ2v) is 4.80. The Morgan fingerprint density at radius 3 is 2.88 bits per heavy atom. The van der Waals surface area contributed by atoms with E-state index in [0.29, 0.717) is 23.0 Å². The normalized spacial score (nSPS) is 11.6. The van der Waals surface area contributed by atoms with E-state index in [-0.39, 0.29) is 5.69 Å². The first kappa shape index (κ1) is 13.3. The van der Waals surface area contributed by atoms with E-state index < -0.39 is 4.92 Å². The van der Waals surface area contributed by atoms with Crippen LogP contribution < -0.4 is 5.32 Å². The molecule has 0 aliphatic rings. The van der Waals surface area contributed by atoms with Gasteiger partial charge in [-0.1, -0.05) is 6.92 Å². The molecule has 0 bridgehead atoms. The molecule has 0 saturated heterocycles. The first-order chi connectivity index (χ1) is 8.08. The highest BCUT2D eigenvalue weighted by atomic mass is 32.2. The molecular formula is C11H13N3O2S. The van der Waals surface area contributed by atoms with Crippen LogP contribution in [-0.4, -0.2) is 23.0 Å². The second kappa shape index (κ2) is 6.11. The number of thioether (sulfide) groups is 1. The van der Waals surface area contributed by atoms with Gasteiger partial charge < -0.3 is 5.32 Å². The maximum Gasteiger partial charge on any atom is 0.293 e. The average Bonchev–Trinajstić information content (AvgIpc) is 2.35. The van der Waals surface area contributed by atoms with Crippen LogP contribution in [0.25, 0.3) is 0 Å². The van der Waals surface area contributed by atoms with Gasteiger partial charge in [0.25, 0.3) is 5.69 Å². The highest BCUT2D eigenvalue weighted by molar-refractivity contribution is 7.99. The van der Waals surface area contributed by atoms with Crippen LogP contribution in [0, 0.1) is 21.4 Å². The number of hydrogen-bond donors (Lipinski definition) is 1. The van der Waals surface area contributed by atoms with Crippen molar-refractivity contribution in [2.24, 2.45) is 0 Å². The van der Waals surface area contributed by atoms with E-state index in [9.17, 15) is 10.1 Å². The summed E-state index contributed by atoms with van der Waals surface area (Å²) in [5.41, 5.74) is 0.687. The number of hydrogen-bond acceptors (Lipinski definition) is 5. The van der Waals surface area contributed by atoms with Gasteiger partial charge in [0.2, 0.25) is 0 Å². The molecule has 1 rings (SSSR count). The summed E-state index contributed by atoms with van der Waals surface area (Å²) in [7, 11) is 0. The van der Waals surface area contributed by atoms with Crippen LogP contribution in [-0.2, 0) is 0 Å². The van der Waals surface area contributed by atoms with Crippen LogP contribution in [0.3, 0.4) is 0 Å². The third kappa shape index (κ3) is 3.64. The highest BCUT2D eigenvalue weighted by Gasteiger charge is 2.14. The van der Waals surface area contributed by atoms with Gasteiger partial charge in [0.15, 0.2) is 0 Å². The molecule has 17 heavy (non-hydrogen) atoms. The lowest BCUT2D eigenvalue weighted by molar-refractivity contribution is -0.384. The molecule has 0 radical (unpaired) electrons. The maximum absolute atomic E-state index is 10.9. The minimum atomic E-state index is -0.479. The monoisotopic (exact) mass is 251 g/mol. The van der Waals surface area contributed by atoms with Crippen molar-refractivity contribution >= 4 is 23.1 Å². The molecule has 6 heteroatoms. The number of nitriles is 1. The summed E-state index contributed by atoms with van der Waals surface area (Å²) < 4.78 is 0. The van der Waals surface area contributed by atoms with Crippen molar-refractivity contribution < 1.29 is 4.92 Å². The SMILES string of the molecule is CSC(C)CNc1ccc(C#N)cc1[N+](=O)[O-]. The van der Waals surface area contributed by atoms with Gasteiger partial charge in [-0.05, 0) is 18.4 Å². The van der Waals surface area contributed by atoms with E-state index in [1.807, 2.05) is 19.2 Å². The smallest absolute Gasteiger partial charge is 0.293 e. The van der Waals surface area contributed by atoms with Crippen molar-refractivity contribution in [3.05, 3.63) is 33.9 Å². The molecule has 0 fully saturated rings. The van der Waals surface area contributed by atoms with E-state index in [4.69, 9.17) is 5.26 Å². The zero-order valence-electron chi connectivity index (χ0n) is 9.64. The Balaban J connectivity index is 2.92. The molecule has 0 aliphatic carbocycles. The molecule has 0 spiro atoms. The van der Waals surface area contributed by atoms with Crippen molar-refractivity contribution in [1.82, 2.24) is 0 Å². The number of benzene rings is 1. The van der Waals surface area contributed by atoms with Crippen molar-refractivity contribution in [3.8, 4) is 6.07 Å². The quantitative estimate of drug-likeness (QED) is 0.642. The van der Waals surface area contributed by atoms with Gasteiger partial charge in [-0.25, -0.2) is 0 Å². The molecule has 0 aromatic heterocycles. The van der Waals surface area contributed by atoms with E-state index in [2.05, 4.69) is 5.32 Å². The van der Waals surface area contributed by atoms with E-state index in [1.54, 1.807) is 23.9 Å². The van der Waals surface area contributed by atoms with Gasteiger partial charge in [0, 0.05) is 17.9 Å². The zero-order valence-corrected chi connectivity index (χ0v) is 10.5. The number of nitro benzene ring substituents is 1. The molecule has 1 unspecified atom stereocenters. The fourth-order valence-electron chi connectivity index (χ4n) is 1.24. The number of nitrogens with zero attached hydrogens (tertiary/aromatic N) is 2. The maximum atomic E-state index is 10.9. The van der Waals surface area contributed by atoms with Gasteiger partial charge in [0.05, 0.1) is 16.6 Å². The Labute approximate surface area is 104 Å². The molecule has 0 saturated carbocycles. The van der Waals surface area contributed by atoms with Crippen molar-refractivity contribution in [1.29, 1.82) is 5.26 Å². The van der Waals surface area contributed by atoms with Crippen molar-refractivity contribution in [2.45, 2.75) is 12.2 Å². The van der Waals surface area contributed by atoms with Crippen molar-refractivity contribution in [3.63, 3.8) is 0 Å². The van der Waals surface area contributed by atoms with E-state index in [1.165, 1.54) is 6.07 Å². The molecule has 1 aromatic rings. The molecule has 5 nitrogen and oxygen atoms in total. The second-order valence-electron chi connectivity index (χ2n) is 3.53. The predicted octanol–water partition coefficient (Wildman–Crippen LogP) is 2.63. The summed E-state index contributed by atoms with van der Waals surface area (Å²) in [6, 6.07) is 6.31. The van der Waals surface area contributed by atoms with Crippen LogP contribution in [0.4, 0.5) is 11.4 Å². The van der Waals surface area contributed by atoms with E-state index >= 15 is 0 Å². The Morgan fingerprint density at radius 1 is 1.65 bits per heavy atom. The molecule has 1 N–H and O–H groups in total. The lowest BCUT2D eigenvalue weighted by atomic mass is 10.2. The van der Waals surface area contributed by atoms with Crippen LogP contribution in [0.15, 0.2) is 18.2 Å². The topological polar surface area (TPSA) is 79.0 Å². The Hall–Kier alpha value is -1.74. The molecule has 1 atom stereocenters. The zero-order chi connectivity index (χ0) is 12.8. The van der Waals surface area contributed by atoms with Crippen LogP contribution in [0.2, 0.25) is 0 Å². The average molecular weight is 251 g/mol. The molecule has 0 aliphatic heterocycles. The van der Waals surface area contributed by atoms with Crippen molar-refractivity contribution in [2.75, 3.05) is 18.1 Å². The summed E-state index contributed by atoms with van der Waals surface area (Å²) in [4.78, 5) is 10.4. The van der Waals surface area contributed by atoms with Gasteiger partial charge in [-0.15, -0.1) is 0 Å².